The first kappa shape index (κ1) is 7.21. The number of rotatable bonds is 1. The highest BCUT2D eigenvalue weighted by molar-refractivity contribution is 5.87. The maximum atomic E-state index is 10.9. The molecule has 2 N–H and O–H groups in total. The highest BCUT2D eigenvalue weighted by atomic mass is 16.2. The number of nitrogens with zero attached hydrogens (tertiary/aromatic N) is 1. The first-order valence-electron chi connectivity index (χ1n) is 3.24. The smallest absolute Gasteiger partial charge is 0.230 e. The van der Waals surface area contributed by atoms with Gasteiger partial charge in [0.25, 0.3) is 0 Å². The predicted octanol–water partition coefficient (Wildman–Crippen LogP) is -0.908. The summed E-state index contributed by atoms with van der Waals surface area (Å²) in [5.74, 6) is -0.159. The minimum atomic E-state index is -0.159. The van der Waals surface area contributed by atoms with Crippen LogP contribution in [0.25, 0.3) is 0 Å². The van der Waals surface area contributed by atoms with Crippen molar-refractivity contribution in [3.05, 3.63) is 0 Å². The summed E-state index contributed by atoms with van der Waals surface area (Å²) in [6.07, 6.45) is 1.59. The zero-order chi connectivity index (χ0) is 7.56. The van der Waals surface area contributed by atoms with E-state index in [1.807, 2.05) is 0 Å². The Labute approximate surface area is 59.0 Å². The predicted molar refractivity (Wildman–Crippen MR) is 35.0 cm³/mol. The average Bonchev–Trinajstić information content (AvgIpc) is 1.88. The molecule has 1 aliphatic rings. The molecule has 1 rings (SSSR count). The van der Waals surface area contributed by atoms with Gasteiger partial charge in [-0.25, -0.2) is 0 Å². The van der Waals surface area contributed by atoms with Crippen LogP contribution >= 0.6 is 0 Å². The van der Waals surface area contributed by atoms with Gasteiger partial charge in [0.2, 0.25) is 12.3 Å². The largest absolute Gasteiger partial charge is 0.327 e. The summed E-state index contributed by atoms with van der Waals surface area (Å²) in [6, 6.07) is -0.0521. The van der Waals surface area contributed by atoms with Crippen LogP contribution in [0.15, 0.2) is 0 Å². The molecule has 0 aromatic heterocycles. The topological polar surface area (TPSA) is 63.4 Å². The van der Waals surface area contributed by atoms with Crippen LogP contribution in [0.1, 0.15) is 12.8 Å². The van der Waals surface area contributed by atoms with E-state index in [4.69, 9.17) is 5.73 Å². The van der Waals surface area contributed by atoms with Gasteiger partial charge in [-0.05, 0) is 6.42 Å². The fourth-order valence-electron chi connectivity index (χ4n) is 0.985. The molecule has 0 saturated carbocycles. The summed E-state index contributed by atoms with van der Waals surface area (Å²) in [5.41, 5.74) is 5.48. The SMILES string of the molecule is NC1CCN(C=O)C(=O)C1. The van der Waals surface area contributed by atoms with E-state index in [0.717, 1.165) is 6.42 Å². The molecule has 10 heavy (non-hydrogen) atoms. The highest BCUT2D eigenvalue weighted by Crippen LogP contribution is 2.06. The third kappa shape index (κ3) is 1.33. The standard InChI is InChI=1S/C6H10N2O2/c7-5-1-2-8(4-9)6(10)3-5/h4-5H,1-3,7H2. The Morgan fingerprint density at radius 1 is 1.70 bits per heavy atom. The van der Waals surface area contributed by atoms with Crippen molar-refractivity contribution in [3.8, 4) is 0 Å². The average molecular weight is 142 g/mol. The van der Waals surface area contributed by atoms with Crippen LogP contribution in [0.3, 0.4) is 0 Å². The number of imide groups is 1. The highest BCUT2D eigenvalue weighted by Gasteiger charge is 2.22. The van der Waals surface area contributed by atoms with E-state index in [1.54, 1.807) is 0 Å². The van der Waals surface area contributed by atoms with Crippen molar-refractivity contribution >= 4 is 12.3 Å². The lowest BCUT2D eigenvalue weighted by molar-refractivity contribution is -0.140. The molecule has 0 bridgehead atoms. The molecule has 4 nitrogen and oxygen atoms in total. The Balaban J connectivity index is 2.51. The fourth-order valence-corrected chi connectivity index (χ4v) is 0.985. The van der Waals surface area contributed by atoms with Gasteiger partial charge < -0.3 is 5.73 Å². The number of piperidine rings is 1. The number of nitrogens with two attached hydrogens (primary N) is 1. The molecule has 1 atom stereocenters. The molecule has 0 radical (unpaired) electrons. The normalized spacial score (nSPS) is 26.7. The van der Waals surface area contributed by atoms with Gasteiger partial charge in [0.15, 0.2) is 0 Å². The minimum absolute atomic E-state index is 0.0521. The Kier molecular flexibility index (Phi) is 2.01. The van der Waals surface area contributed by atoms with Crippen LogP contribution in [0, 0.1) is 0 Å². The zero-order valence-electron chi connectivity index (χ0n) is 5.62. The van der Waals surface area contributed by atoms with Crippen molar-refractivity contribution in [3.63, 3.8) is 0 Å². The molecule has 0 aliphatic carbocycles. The number of carbonyl (C=O) groups excluding carboxylic acids is 2. The number of hydrogen-bond donors (Lipinski definition) is 1. The van der Waals surface area contributed by atoms with Crippen molar-refractivity contribution < 1.29 is 9.59 Å². The maximum Gasteiger partial charge on any atom is 0.230 e. The van der Waals surface area contributed by atoms with Gasteiger partial charge in [0.05, 0.1) is 0 Å². The zero-order valence-corrected chi connectivity index (χ0v) is 5.62. The van der Waals surface area contributed by atoms with Crippen LogP contribution in [0.5, 0.6) is 0 Å². The van der Waals surface area contributed by atoms with Crippen LogP contribution in [0.2, 0.25) is 0 Å². The van der Waals surface area contributed by atoms with Gasteiger partial charge in [-0.1, -0.05) is 0 Å². The lowest BCUT2D eigenvalue weighted by Crippen LogP contribution is -2.42. The van der Waals surface area contributed by atoms with Crippen LogP contribution in [-0.2, 0) is 9.59 Å². The molecular weight excluding hydrogens is 132 g/mol. The van der Waals surface area contributed by atoms with Crippen LogP contribution in [0.4, 0.5) is 0 Å². The number of likely N-dealkylation sites (tertiary alicyclic amines) is 1. The number of hydrogen-bond acceptors (Lipinski definition) is 3. The third-order valence-electron chi connectivity index (χ3n) is 1.63. The monoisotopic (exact) mass is 142 g/mol. The van der Waals surface area contributed by atoms with E-state index in [2.05, 4.69) is 0 Å². The molecule has 1 saturated heterocycles. The molecule has 4 heteroatoms. The lowest BCUT2D eigenvalue weighted by atomic mass is 10.1. The Hall–Kier alpha value is -0.900. The van der Waals surface area contributed by atoms with Crippen LogP contribution < -0.4 is 5.73 Å². The van der Waals surface area contributed by atoms with Gasteiger partial charge in [-0.2, -0.15) is 0 Å². The lowest BCUT2D eigenvalue weighted by Gasteiger charge is -2.24. The second-order valence-corrected chi connectivity index (χ2v) is 2.45. The van der Waals surface area contributed by atoms with Gasteiger partial charge in [0, 0.05) is 19.0 Å². The quantitative estimate of drug-likeness (QED) is 0.482. The number of amides is 2. The third-order valence-corrected chi connectivity index (χ3v) is 1.63. The summed E-state index contributed by atoms with van der Waals surface area (Å²) in [5, 5.41) is 0. The van der Waals surface area contributed by atoms with E-state index < -0.39 is 0 Å². The second kappa shape index (κ2) is 2.79. The van der Waals surface area contributed by atoms with Crippen molar-refractivity contribution in [2.75, 3.05) is 6.54 Å². The van der Waals surface area contributed by atoms with Crippen molar-refractivity contribution in [2.24, 2.45) is 5.73 Å². The maximum absolute atomic E-state index is 10.9. The molecule has 1 unspecified atom stereocenters. The molecular formula is C6H10N2O2. The summed E-state index contributed by atoms with van der Waals surface area (Å²) in [7, 11) is 0. The van der Waals surface area contributed by atoms with E-state index in [0.29, 0.717) is 19.4 Å². The van der Waals surface area contributed by atoms with E-state index in [1.165, 1.54) is 4.90 Å². The fraction of sp³-hybridized carbons (Fsp3) is 0.667. The van der Waals surface area contributed by atoms with Crippen LogP contribution in [-0.4, -0.2) is 29.8 Å². The van der Waals surface area contributed by atoms with Crippen molar-refractivity contribution in [2.45, 2.75) is 18.9 Å². The summed E-state index contributed by atoms with van der Waals surface area (Å²) >= 11 is 0. The molecule has 0 spiro atoms. The molecule has 1 heterocycles. The number of carbonyl (C=O) groups is 2. The van der Waals surface area contributed by atoms with Gasteiger partial charge in [-0.15, -0.1) is 0 Å². The molecule has 2 amide bonds. The van der Waals surface area contributed by atoms with Crippen molar-refractivity contribution in [1.82, 2.24) is 4.90 Å². The summed E-state index contributed by atoms with van der Waals surface area (Å²) < 4.78 is 0. The molecule has 56 valence electrons. The summed E-state index contributed by atoms with van der Waals surface area (Å²) in [4.78, 5) is 22.2. The molecule has 0 aromatic rings. The van der Waals surface area contributed by atoms with E-state index in [-0.39, 0.29) is 11.9 Å². The Morgan fingerprint density at radius 2 is 2.40 bits per heavy atom. The van der Waals surface area contributed by atoms with E-state index >= 15 is 0 Å². The van der Waals surface area contributed by atoms with Crippen molar-refractivity contribution in [1.29, 1.82) is 0 Å². The van der Waals surface area contributed by atoms with E-state index in [9.17, 15) is 9.59 Å². The molecule has 1 fully saturated rings. The van der Waals surface area contributed by atoms with Gasteiger partial charge in [-0.3, -0.25) is 14.5 Å². The first-order valence-corrected chi connectivity index (χ1v) is 3.24. The Morgan fingerprint density at radius 3 is 2.90 bits per heavy atom. The summed E-state index contributed by atoms with van der Waals surface area (Å²) in [6.45, 7) is 0.476. The minimum Gasteiger partial charge on any atom is -0.327 e. The second-order valence-electron chi connectivity index (χ2n) is 2.45. The molecule has 0 aromatic carbocycles. The Bertz CT molecular complexity index is 158. The van der Waals surface area contributed by atoms with Gasteiger partial charge >= 0.3 is 0 Å². The molecule has 1 aliphatic heterocycles. The first-order chi connectivity index (χ1) is 4.74. The van der Waals surface area contributed by atoms with Gasteiger partial charge in [0.1, 0.15) is 0 Å².